The largest absolute Gasteiger partial charge is 0.507 e. The van der Waals surface area contributed by atoms with Crippen LogP contribution in [0.15, 0.2) is 72.8 Å². The second-order valence-electron chi connectivity index (χ2n) is 5.52. The monoisotopic (exact) mass is 495 g/mol. The van der Waals surface area contributed by atoms with Crippen LogP contribution in [0.1, 0.15) is 11.1 Å². The smallest absolute Gasteiger partial charge is 0.454 e. The number of benzene rings is 2. The Hall–Kier alpha value is -3.04. The molecule has 0 atom stereocenters. The summed E-state index contributed by atoms with van der Waals surface area (Å²) in [6.45, 7) is 0. The molecule has 0 aliphatic heterocycles. The molecule has 171 valence electrons. The topological polar surface area (TPSA) is 74.6 Å². The van der Waals surface area contributed by atoms with Crippen molar-refractivity contribution >= 4 is 23.1 Å². The first kappa shape index (κ1) is 28.0. The van der Waals surface area contributed by atoms with Gasteiger partial charge in [0, 0.05) is 40.3 Å². The average Bonchev–Trinajstić information content (AvgIpc) is 2.68. The maximum Gasteiger partial charge on any atom is 0.454 e. The van der Waals surface area contributed by atoms with E-state index in [0.29, 0.717) is 0 Å². The molecule has 2 N–H and O–H groups in total. The van der Waals surface area contributed by atoms with Crippen molar-refractivity contribution in [3.05, 3.63) is 83.9 Å². The van der Waals surface area contributed by atoms with Crippen molar-refractivity contribution < 1.29 is 63.2 Å². The number of ketones is 2. The summed E-state index contributed by atoms with van der Waals surface area (Å²) in [5.74, 6) is -5.55. The van der Waals surface area contributed by atoms with E-state index >= 15 is 0 Å². The Balaban J connectivity index is 0.000000562. The summed E-state index contributed by atoms with van der Waals surface area (Å²) in [5, 5.41) is 18.4. The fourth-order valence-corrected chi connectivity index (χ4v) is 1.80. The maximum atomic E-state index is 11.8. The van der Waals surface area contributed by atoms with E-state index in [1.54, 1.807) is 12.1 Å². The molecule has 0 bridgehead atoms. The number of allylic oxidation sites excluding steroid dienone is 2. The van der Waals surface area contributed by atoms with E-state index in [-0.39, 0.29) is 40.3 Å². The van der Waals surface area contributed by atoms with E-state index in [1.165, 1.54) is 48.5 Å². The zero-order chi connectivity index (χ0) is 22.9. The first-order chi connectivity index (χ1) is 13.8. The van der Waals surface area contributed by atoms with Crippen LogP contribution in [-0.2, 0) is 26.7 Å². The number of aliphatic hydroxyl groups is 2. The van der Waals surface area contributed by atoms with Crippen LogP contribution in [0.4, 0.5) is 26.3 Å². The number of rotatable bonds is 4. The fraction of sp³-hybridized carbons (Fsp3) is 0.100. The van der Waals surface area contributed by atoms with Crippen molar-refractivity contribution in [3.63, 3.8) is 0 Å². The second-order valence-corrected chi connectivity index (χ2v) is 5.52. The van der Waals surface area contributed by atoms with Crippen LogP contribution >= 0.6 is 0 Å². The Morgan fingerprint density at radius 1 is 0.613 bits per heavy atom. The normalized spacial score (nSPS) is 12.2. The summed E-state index contributed by atoms with van der Waals surface area (Å²) in [6, 6.07) is 15.0. The Labute approximate surface area is 183 Å². The Morgan fingerprint density at radius 2 is 0.871 bits per heavy atom. The molecule has 0 saturated carbocycles. The minimum absolute atomic E-state index is 0. The van der Waals surface area contributed by atoms with E-state index in [1.807, 2.05) is 0 Å². The van der Waals surface area contributed by atoms with Crippen LogP contribution in [0.2, 0.25) is 0 Å². The summed E-state index contributed by atoms with van der Waals surface area (Å²) in [4.78, 5) is 21.0. The second kappa shape index (κ2) is 12.0. The van der Waals surface area contributed by atoms with Gasteiger partial charge in [-0.3, -0.25) is 9.59 Å². The SMILES string of the molecule is O=C(/C=C(\O)c1ccccc1)C(F)(F)F.O=C(/C=C(\O)c1ccccc1)C(F)(F)F.[Cu]. The van der Waals surface area contributed by atoms with Crippen LogP contribution < -0.4 is 0 Å². The fourth-order valence-electron chi connectivity index (χ4n) is 1.80. The van der Waals surface area contributed by atoms with Gasteiger partial charge in [0.1, 0.15) is 11.5 Å². The van der Waals surface area contributed by atoms with E-state index in [2.05, 4.69) is 0 Å². The zero-order valence-corrected chi connectivity index (χ0v) is 16.2. The van der Waals surface area contributed by atoms with Crippen LogP contribution in [0.5, 0.6) is 0 Å². The molecule has 2 rings (SSSR count). The molecule has 0 heterocycles. The number of carbonyl (C=O) groups is 2. The maximum absolute atomic E-state index is 11.8. The Morgan fingerprint density at radius 3 is 1.10 bits per heavy atom. The van der Waals surface area contributed by atoms with Crippen molar-refractivity contribution in [2.24, 2.45) is 0 Å². The van der Waals surface area contributed by atoms with Crippen molar-refractivity contribution in [1.82, 2.24) is 0 Å². The van der Waals surface area contributed by atoms with Crippen molar-refractivity contribution in [2.45, 2.75) is 12.4 Å². The van der Waals surface area contributed by atoms with Crippen molar-refractivity contribution in [2.75, 3.05) is 0 Å². The van der Waals surface area contributed by atoms with E-state index < -0.39 is 35.4 Å². The first-order valence-corrected chi connectivity index (χ1v) is 7.97. The molecule has 0 saturated heterocycles. The van der Waals surface area contributed by atoms with Gasteiger partial charge < -0.3 is 10.2 Å². The number of alkyl halides is 6. The molecule has 0 aliphatic rings. The number of hydrogen-bond acceptors (Lipinski definition) is 4. The predicted molar refractivity (Wildman–Crippen MR) is 96.2 cm³/mol. The molecule has 31 heavy (non-hydrogen) atoms. The molecule has 4 nitrogen and oxygen atoms in total. The zero-order valence-electron chi connectivity index (χ0n) is 15.2. The van der Waals surface area contributed by atoms with E-state index in [0.717, 1.165) is 0 Å². The minimum Gasteiger partial charge on any atom is -0.507 e. The molecule has 0 fully saturated rings. The molecule has 0 aromatic heterocycles. The van der Waals surface area contributed by atoms with Gasteiger partial charge in [-0.15, -0.1) is 0 Å². The molecule has 2 aromatic carbocycles. The number of carbonyl (C=O) groups excluding carboxylic acids is 2. The number of halogens is 6. The first-order valence-electron chi connectivity index (χ1n) is 7.97. The Bertz CT molecular complexity index is 843. The molecule has 0 amide bonds. The minimum atomic E-state index is -4.96. The van der Waals surface area contributed by atoms with Gasteiger partial charge in [-0.25, -0.2) is 0 Å². The standard InChI is InChI=1S/2C10H7F3O2.Cu/c2*11-10(12,13)9(15)6-8(14)7-4-2-1-3-5-7;/h2*1-6,14H;/b2*8-6-;. The summed E-state index contributed by atoms with van der Waals surface area (Å²) >= 11 is 0. The number of hydrogen-bond donors (Lipinski definition) is 2. The third-order valence-electron chi connectivity index (χ3n) is 3.23. The van der Waals surface area contributed by atoms with Crippen molar-refractivity contribution in [3.8, 4) is 0 Å². The summed E-state index contributed by atoms with van der Waals surface area (Å²) < 4.78 is 70.9. The quantitative estimate of drug-likeness (QED) is 0.257. The van der Waals surface area contributed by atoms with E-state index in [9.17, 15) is 46.1 Å². The summed E-state index contributed by atoms with van der Waals surface area (Å²) in [6.07, 6.45) is -9.59. The predicted octanol–water partition coefficient (Wildman–Crippen LogP) is 5.43. The summed E-state index contributed by atoms with van der Waals surface area (Å²) in [7, 11) is 0. The van der Waals surface area contributed by atoms with Crippen LogP contribution in [-0.4, -0.2) is 34.1 Å². The van der Waals surface area contributed by atoms with Gasteiger partial charge in [-0.1, -0.05) is 60.7 Å². The molecule has 11 heteroatoms. The van der Waals surface area contributed by atoms with Crippen LogP contribution in [0.3, 0.4) is 0 Å². The van der Waals surface area contributed by atoms with Gasteiger partial charge in [-0.2, -0.15) is 26.3 Å². The third kappa shape index (κ3) is 10.0. The van der Waals surface area contributed by atoms with Gasteiger partial charge in [-0.05, 0) is 0 Å². The summed E-state index contributed by atoms with van der Waals surface area (Å²) in [5.41, 5.74) is 0.324. The molecular weight excluding hydrogens is 482 g/mol. The van der Waals surface area contributed by atoms with Crippen LogP contribution in [0.25, 0.3) is 11.5 Å². The molecule has 0 aliphatic carbocycles. The average molecular weight is 496 g/mol. The molecule has 0 spiro atoms. The van der Waals surface area contributed by atoms with E-state index in [4.69, 9.17) is 0 Å². The molecule has 2 aromatic rings. The van der Waals surface area contributed by atoms with Gasteiger partial charge in [0.15, 0.2) is 0 Å². The van der Waals surface area contributed by atoms with Gasteiger partial charge in [0.25, 0.3) is 11.6 Å². The van der Waals surface area contributed by atoms with Gasteiger partial charge in [0.05, 0.1) is 0 Å². The third-order valence-corrected chi connectivity index (χ3v) is 3.23. The van der Waals surface area contributed by atoms with Crippen molar-refractivity contribution in [1.29, 1.82) is 0 Å². The Kier molecular flexibility index (Phi) is 10.8. The molecular formula is C20H14CuF6O4. The number of aliphatic hydroxyl groups excluding tert-OH is 2. The van der Waals surface area contributed by atoms with Gasteiger partial charge >= 0.3 is 12.4 Å². The molecule has 0 unspecified atom stereocenters. The van der Waals surface area contributed by atoms with Crippen LogP contribution in [0, 0.1) is 0 Å². The molecule has 1 radical (unpaired) electrons. The van der Waals surface area contributed by atoms with Gasteiger partial charge in [0.2, 0.25) is 0 Å².